The van der Waals surface area contributed by atoms with E-state index in [2.05, 4.69) is 6.58 Å². The summed E-state index contributed by atoms with van der Waals surface area (Å²) in [4.78, 5) is 22.3. The highest BCUT2D eigenvalue weighted by Gasteiger charge is 2.24. The zero-order chi connectivity index (χ0) is 15.1. The number of hydrogen-bond donors (Lipinski definition) is 0. The van der Waals surface area contributed by atoms with Crippen LogP contribution in [0.3, 0.4) is 0 Å². The lowest BCUT2D eigenvalue weighted by molar-refractivity contribution is -0.226. The van der Waals surface area contributed by atoms with Gasteiger partial charge in [0, 0.05) is 25.4 Å². The Labute approximate surface area is 118 Å². The minimum absolute atomic E-state index is 0.0185. The molecule has 19 heavy (non-hydrogen) atoms. The molecule has 0 aliphatic carbocycles. The first-order valence-electron chi connectivity index (χ1n) is 5.87. The number of ether oxygens (including phenoxy) is 3. The van der Waals surface area contributed by atoms with E-state index in [4.69, 9.17) is 14.2 Å². The lowest BCUT2D eigenvalue weighted by Crippen LogP contribution is -2.37. The zero-order valence-corrected chi connectivity index (χ0v) is 13.0. The van der Waals surface area contributed by atoms with Crippen molar-refractivity contribution in [3.8, 4) is 0 Å². The van der Waals surface area contributed by atoms with Crippen molar-refractivity contribution >= 4 is 22.8 Å². The lowest BCUT2D eigenvalue weighted by Gasteiger charge is -2.29. The van der Waals surface area contributed by atoms with Gasteiger partial charge in [-0.05, 0) is 20.8 Å². The van der Waals surface area contributed by atoms with Gasteiger partial charge in [0.15, 0.2) is 10.9 Å². The Morgan fingerprint density at radius 2 is 1.89 bits per heavy atom. The minimum atomic E-state index is -0.808. The Bertz CT molecular complexity index is 338. The van der Waals surface area contributed by atoms with Gasteiger partial charge in [-0.2, -0.15) is 0 Å². The maximum absolute atomic E-state index is 11.3. The summed E-state index contributed by atoms with van der Waals surface area (Å²) in [6.45, 7) is 10.1. The van der Waals surface area contributed by atoms with Gasteiger partial charge in [0.1, 0.15) is 12.7 Å². The molecule has 0 spiro atoms. The van der Waals surface area contributed by atoms with Crippen LogP contribution < -0.4 is 0 Å². The second kappa shape index (κ2) is 8.35. The van der Waals surface area contributed by atoms with Crippen molar-refractivity contribution in [3.63, 3.8) is 0 Å². The van der Waals surface area contributed by atoms with E-state index in [1.165, 1.54) is 14.0 Å². The molecule has 1 unspecified atom stereocenters. The average molecular weight is 290 g/mol. The number of rotatable bonds is 8. The molecule has 5 nitrogen and oxygen atoms in total. The Kier molecular flexibility index (Phi) is 7.97. The lowest BCUT2D eigenvalue weighted by atomic mass is 10.3. The SMILES string of the molecule is C=C(C)C(=O)OCC(CSC(C)=O)OC(C)(C)OC. The highest BCUT2D eigenvalue weighted by Crippen LogP contribution is 2.17. The van der Waals surface area contributed by atoms with Crippen molar-refractivity contribution in [1.29, 1.82) is 0 Å². The quantitative estimate of drug-likeness (QED) is 0.388. The van der Waals surface area contributed by atoms with Gasteiger partial charge in [-0.25, -0.2) is 4.79 Å². The van der Waals surface area contributed by atoms with Crippen LogP contribution in [0.25, 0.3) is 0 Å². The van der Waals surface area contributed by atoms with Crippen molar-refractivity contribution in [2.24, 2.45) is 0 Å². The van der Waals surface area contributed by atoms with Crippen LogP contribution in [0.1, 0.15) is 27.7 Å². The first kappa shape index (κ1) is 18.1. The van der Waals surface area contributed by atoms with E-state index in [-0.39, 0.29) is 11.7 Å². The normalized spacial score (nSPS) is 12.9. The molecule has 110 valence electrons. The molecule has 0 aromatic heterocycles. The summed E-state index contributed by atoms with van der Waals surface area (Å²) in [5, 5.41) is -0.0185. The third kappa shape index (κ3) is 8.80. The Balaban J connectivity index is 4.45. The fourth-order valence-electron chi connectivity index (χ4n) is 1.07. The Morgan fingerprint density at radius 1 is 1.32 bits per heavy atom. The molecular weight excluding hydrogens is 268 g/mol. The van der Waals surface area contributed by atoms with E-state index in [0.29, 0.717) is 11.3 Å². The topological polar surface area (TPSA) is 61.8 Å². The fraction of sp³-hybridized carbons (Fsp3) is 0.692. The molecule has 0 fully saturated rings. The summed E-state index contributed by atoms with van der Waals surface area (Å²) in [7, 11) is 1.52. The monoisotopic (exact) mass is 290 g/mol. The van der Waals surface area contributed by atoms with Gasteiger partial charge in [0.2, 0.25) is 0 Å². The second-order valence-corrected chi connectivity index (χ2v) is 5.72. The first-order valence-corrected chi connectivity index (χ1v) is 6.85. The molecule has 0 amide bonds. The van der Waals surface area contributed by atoms with Crippen LogP contribution in [0, 0.1) is 0 Å². The molecule has 1 atom stereocenters. The largest absolute Gasteiger partial charge is 0.460 e. The van der Waals surface area contributed by atoms with Crippen LogP contribution in [0.2, 0.25) is 0 Å². The van der Waals surface area contributed by atoms with Gasteiger partial charge in [-0.1, -0.05) is 18.3 Å². The molecule has 0 aromatic carbocycles. The average Bonchev–Trinajstić information content (AvgIpc) is 2.31. The molecule has 0 aliphatic rings. The summed E-state index contributed by atoms with van der Waals surface area (Å²) in [5.41, 5.74) is 0.323. The molecule has 0 aliphatic heterocycles. The molecule has 0 radical (unpaired) electrons. The number of hydrogen-bond acceptors (Lipinski definition) is 6. The standard InChI is InChI=1S/C13H22O5S/c1-9(2)12(15)17-7-11(8-19-10(3)14)18-13(4,5)16-6/h11H,1,7-8H2,2-6H3. The van der Waals surface area contributed by atoms with Gasteiger partial charge in [-0.3, -0.25) is 4.79 Å². The molecule has 0 rings (SSSR count). The van der Waals surface area contributed by atoms with Crippen molar-refractivity contribution < 1.29 is 23.8 Å². The summed E-state index contributed by atoms with van der Waals surface area (Å²) in [5.74, 6) is -0.889. The summed E-state index contributed by atoms with van der Waals surface area (Å²) in [6, 6.07) is 0. The van der Waals surface area contributed by atoms with E-state index < -0.39 is 17.9 Å². The third-order valence-electron chi connectivity index (χ3n) is 2.16. The van der Waals surface area contributed by atoms with Crippen LogP contribution in [-0.4, -0.2) is 42.4 Å². The van der Waals surface area contributed by atoms with E-state index >= 15 is 0 Å². The van der Waals surface area contributed by atoms with Gasteiger partial charge in [0.25, 0.3) is 0 Å². The summed E-state index contributed by atoms with van der Waals surface area (Å²) < 4.78 is 15.9. The van der Waals surface area contributed by atoms with E-state index in [1.807, 2.05) is 0 Å². The van der Waals surface area contributed by atoms with Crippen LogP contribution in [0.5, 0.6) is 0 Å². The number of carbonyl (C=O) groups excluding carboxylic acids is 2. The first-order chi connectivity index (χ1) is 8.68. The van der Waals surface area contributed by atoms with Crippen molar-refractivity contribution in [2.45, 2.75) is 39.6 Å². The van der Waals surface area contributed by atoms with Crippen LogP contribution in [0.15, 0.2) is 12.2 Å². The number of thioether (sulfide) groups is 1. The maximum atomic E-state index is 11.3. The molecule has 0 bridgehead atoms. The van der Waals surface area contributed by atoms with E-state index in [0.717, 1.165) is 11.8 Å². The number of esters is 1. The van der Waals surface area contributed by atoms with Gasteiger partial charge in [-0.15, -0.1) is 0 Å². The van der Waals surface area contributed by atoms with Crippen molar-refractivity contribution in [3.05, 3.63) is 12.2 Å². The van der Waals surface area contributed by atoms with Crippen LogP contribution in [-0.2, 0) is 23.8 Å². The minimum Gasteiger partial charge on any atom is -0.460 e. The molecule has 0 saturated carbocycles. The predicted molar refractivity (Wildman–Crippen MR) is 74.9 cm³/mol. The number of methoxy groups -OCH3 is 1. The van der Waals surface area contributed by atoms with Crippen molar-refractivity contribution in [2.75, 3.05) is 19.5 Å². The van der Waals surface area contributed by atoms with Crippen LogP contribution >= 0.6 is 11.8 Å². The van der Waals surface area contributed by atoms with Gasteiger partial charge < -0.3 is 14.2 Å². The van der Waals surface area contributed by atoms with Crippen molar-refractivity contribution in [1.82, 2.24) is 0 Å². The zero-order valence-electron chi connectivity index (χ0n) is 12.1. The number of carbonyl (C=O) groups is 2. The second-order valence-electron chi connectivity index (χ2n) is 4.53. The maximum Gasteiger partial charge on any atom is 0.333 e. The molecule has 6 heteroatoms. The molecular formula is C13H22O5S. The molecule has 0 N–H and O–H groups in total. The van der Waals surface area contributed by atoms with Gasteiger partial charge in [0.05, 0.1) is 0 Å². The molecule has 0 aromatic rings. The smallest absolute Gasteiger partial charge is 0.333 e. The van der Waals surface area contributed by atoms with E-state index in [9.17, 15) is 9.59 Å². The predicted octanol–water partition coefficient (Wildman–Crippen LogP) is 2.15. The van der Waals surface area contributed by atoms with Crippen LogP contribution in [0.4, 0.5) is 0 Å². The Morgan fingerprint density at radius 3 is 2.32 bits per heavy atom. The fourth-order valence-corrected chi connectivity index (χ4v) is 1.65. The summed E-state index contributed by atoms with van der Waals surface area (Å²) in [6.07, 6.45) is -0.424. The Hall–Kier alpha value is -0.850. The molecule has 0 heterocycles. The van der Waals surface area contributed by atoms with E-state index in [1.54, 1.807) is 20.8 Å². The third-order valence-corrected chi connectivity index (χ3v) is 3.11. The summed E-state index contributed by atoms with van der Waals surface area (Å²) >= 11 is 1.12. The molecule has 0 saturated heterocycles. The highest BCUT2D eigenvalue weighted by atomic mass is 32.2. The van der Waals surface area contributed by atoms with Gasteiger partial charge >= 0.3 is 5.97 Å². The highest BCUT2D eigenvalue weighted by molar-refractivity contribution is 8.13.